The summed E-state index contributed by atoms with van der Waals surface area (Å²) < 4.78 is 11.5. The summed E-state index contributed by atoms with van der Waals surface area (Å²) in [7, 11) is 0. The lowest BCUT2D eigenvalue weighted by molar-refractivity contribution is -0.120. The number of nitrogens with zero attached hydrogens (tertiary/aromatic N) is 1. The van der Waals surface area contributed by atoms with E-state index >= 15 is 0 Å². The van der Waals surface area contributed by atoms with Crippen molar-refractivity contribution in [2.75, 3.05) is 26.3 Å². The van der Waals surface area contributed by atoms with Gasteiger partial charge in [-0.1, -0.05) is 13.8 Å². The van der Waals surface area contributed by atoms with E-state index in [0.717, 1.165) is 25.7 Å². The minimum atomic E-state index is -0.0584. The molecule has 0 bridgehead atoms. The van der Waals surface area contributed by atoms with E-state index < -0.39 is 0 Å². The van der Waals surface area contributed by atoms with Gasteiger partial charge in [0.1, 0.15) is 0 Å². The summed E-state index contributed by atoms with van der Waals surface area (Å²) in [5, 5.41) is 2.91. The lowest BCUT2D eigenvalue weighted by Gasteiger charge is -2.33. The maximum Gasteiger partial charge on any atom is 0.254 e. The Bertz CT molecular complexity index is 618. The molecule has 1 N–H and O–H groups in total. The normalized spacial score (nSPS) is 16.9. The van der Waals surface area contributed by atoms with Crippen LogP contribution in [0.1, 0.15) is 56.8 Å². The number of nitrogens with one attached hydrogen (secondary N) is 1. The molecule has 0 saturated carbocycles. The first kappa shape index (κ1) is 20.1. The maximum atomic E-state index is 12.9. The van der Waals surface area contributed by atoms with Crippen LogP contribution in [0.3, 0.4) is 0 Å². The number of carbonyl (C=O) groups is 2. The lowest BCUT2D eigenvalue weighted by Crippen LogP contribution is -2.49. The van der Waals surface area contributed by atoms with Crippen molar-refractivity contribution in [2.24, 2.45) is 0 Å². The van der Waals surface area contributed by atoms with Crippen molar-refractivity contribution in [1.29, 1.82) is 0 Å². The predicted octanol–water partition coefficient (Wildman–Crippen LogP) is 3.00. The largest absolute Gasteiger partial charge is 0.490 e. The molecule has 0 aromatic heterocycles. The average molecular weight is 362 g/mol. The second kappa shape index (κ2) is 10.0. The molecule has 26 heavy (non-hydrogen) atoms. The van der Waals surface area contributed by atoms with Gasteiger partial charge in [0, 0.05) is 31.6 Å². The molecule has 144 valence electrons. The first-order valence-electron chi connectivity index (χ1n) is 9.51. The Morgan fingerprint density at radius 2 is 1.85 bits per heavy atom. The van der Waals surface area contributed by atoms with Gasteiger partial charge in [-0.05, 0) is 43.9 Å². The van der Waals surface area contributed by atoms with Gasteiger partial charge < -0.3 is 19.7 Å². The van der Waals surface area contributed by atoms with Crippen molar-refractivity contribution < 1.29 is 19.1 Å². The zero-order valence-corrected chi connectivity index (χ0v) is 16.0. The van der Waals surface area contributed by atoms with Gasteiger partial charge in [0.05, 0.1) is 13.2 Å². The van der Waals surface area contributed by atoms with Crippen molar-refractivity contribution in [3.8, 4) is 11.5 Å². The number of hydrogen-bond donors (Lipinski definition) is 1. The minimum absolute atomic E-state index is 0.0215. The molecule has 0 radical (unpaired) electrons. The Hall–Kier alpha value is -2.24. The quantitative estimate of drug-likeness (QED) is 0.772. The predicted molar refractivity (Wildman–Crippen MR) is 101 cm³/mol. The van der Waals surface area contributed by atoms with E-state index in [1.807, 2.05) is 19.9 Å². The topological polar surface area (TPSA) is 67.9 Å². The van der Waals surface area contributed by atoms with Gasteiger partial charge in [-0.2, -0.15) is 0 Å². The molecule has 2 amide bonds. The molecule has 1 aromatic carbocycles. The third-order valence-electron chi connectivity index (χ3n) is 4.23. The summed E-state index contributed by atoms with van der Waals surface area (Å²) in [5.41, 5.74) is 0.587. The molecule has 6 heteroatoms. The maximum absolute atomic E-state index is 12.9. The molecular formula is C20H30N2O4. The summed E-state index contributed by atoms with van der Waals surface area (Å²) in [6.07, 6.45) is 3.58. The van der Waals surface area contributed by atoms with Crippen molar-refractivity contribution in [3.63, 3.8) is 0 Å². The van der Waals surface area contributed by atoms with Gasteiger partial charge in [-0.15, -0.1) is 0 Å². The van der Waals surface area contributed by atoms with Gasteiger partial charge in [-0.25, -0.2) is 0 Å². The minimum Gasteiger partial charge on any atom is -0.490 e. The highest BCUT2D eigenvalue weighted by atomic mass is 16.5. The van der Waals surface area contributed by atoms with Crippen LogP contribution < -0.4 is 14.8 Å². The number of ether oxygens (including phenoxy) is 2. The fraction of sp³-hybridized carbons (Fsp3) is 0.600. The van der Waals surface area contributed by atoms with Crippen LogP contribution in [0.2, 0.25) is 0 Å². The lowest BCUT2D eigenvalue weighted by atomic mass is 10.0. The summed E-state index contributed by atoms with van der Waals surface area (Å²) in [4.78, 5) is 26.0. The Morgan fingerprint density at radius 3 is 2.50 bits per heavy atom. The number of amides is 2. The fourth-order valence-corrected chi connectivity index (χ4v) is 3.05. The van der Waals surface area contributed by atoms with Gasteiger partial charge in [-0.3, -0.25) is 9.59 Å². The molecule has 0 aliphatic carbocycles. The van der Waals surface area contributed by atoms with Crippen LogP contribution in [0.5, 0.6) is 11.5 Å². The first-order chi connectivity index (χ1) is 12.5. The Kier molecular flexibility index (Phi) is 7.75. The number of likely N-dealkylation sites (tertiary alicyclic amines) is 1. The Balaban J connectivity index is 2.12. The van der Waals surface area contributed by atoms with Crippen LogP contribution in [0.15, 0.2) is 18.2 Å². The molecule has 2 rings (SSSR count). The van der Waals surface area contributed by atoms with E-state index in [-0.39, 0.29) is 17.9 Å². The van der Waals surface area contributed by atoms with Crippen LogP contribution in [0.25, 0.3) is 0 Å². The smallest absolute Gasteiger partial charge is 0.254 e. The standard InChI is InChI=1S/C20H30N2O4/c1-4-11-25-18-9-8-16(13-19(18)26-12-5-2)20(24)22-10-6-7-17(14-22)21-15(3)23/h8-9,13,17H,4-7,10-12,14H2,1-3H3,(H,21,23). The van der Waals surface area contributed by atoms with Gasteiger partial charge in [0.15, 0.2) is 11.5 Å². The van der Waals surface area contributed by atoms with E-state index in [2.05, 4.69) is 5.32 Å². The Labute approximate surface area is 155 Å². The number of carbonyl (C=O) groups excluding carboxylic acids is 2. The van der Waals surface area contributed by atoms with E-state index in [4.69, 9.17) is 9.47 Å². The second-order valence-corrected chi connectivity index (χ2v) is 6.65. The number of rotatable bonds is 8. The summed E-state index contributed by atoms with van der Waals surface area (Å²) in [5.74, 6) is 1.19. The molecule has 1 aromatic rings. The molecule has 1 aliphatic rings. The van der Waals surface area contributed by atoms with Crippen LogP contribution in [0.4, 0.5) is 0 Å². The SMILES string of the molecule is CCCOc1ccc(C(=O)N2CCCC(NC(C)=O)C2)cc1OCCC. The third kappa shape index (κ3) is 5.64. The van der Waals surface area contributed by atoms with Crippen molar-refractivity contribution in [1.82, 2.24) is 10.2 Å². The molecule has 1 saturated heterocycles. The number of hydrogen-bond acceptors (Lipinski definition) is 4. The molecule has 1 aliphatic heterocycles. The molecule has 6 nitrogen and oxygen atoms in total. The summed E-state index contributed by atoms with van der Waals surface area (Å²) in [6.45, 7) is 8.03. The van der Waals surface area contributed by atoms with Crippen molar-refractivity contribution in [3.05, 3.63) is 23.8 Å². The van der Waals surface area contributed by atoms with Gasteiger partial charge in [0.2, 0.25) is 5.91 Å². The van der Waals surface area contributed by atoms with E-state index in [1.165, 1.54) is 6.92 Å². The zero-order chi connectivity index (χ0) is 18.9. The second-order valence-electron chi connectivity index (χ2n) is 6.65. The molecular weight excluding hydrogens is 332 g/mol. The summed E-state index contributed by atoms with van der Waals surface area (Å²) in [6, 6.07) is 5.38. The highest BCUT2D eigenvalue weighted by Gasteiger charge is 2.25. The van der Waals surface area contributed by atoms with Crippen LogP contribution >= 0.6 is 0 Å². The molecule has 1 fully saturated rings. The van der Waals surface area contributed by atoms with E-state index in [9.17, 15) is 9.59 Å². The van der Waals surface area contributed by atoms with E-state index in [1.54, 1.807) is 17.0 Å². The number of benzene rings is 1. The van der Waals surface area contributed by atoms with Crippen LogP contribution in [0, 0.1) is 0 Å². The zero-order valence-electron chi connectivity index (χ0n) is 16.0. The van der Waals surface area contributed by atoms with Crippen LogP contribution in [-0.2, 0) is 4.79 Å². The van der Waals surface area contributed by atoms with Crippen molar-refractivity contribution in [2.45, 2.75) is 52.5 Å². The van der Waals surface area contributed by atoms with Crippen LogP contribution in [-0.4, -0.2) is 49.1 Å². The fourth-order valence-electron chi connectivity index (χ4n) is 3.05. The highest BCUT2D eigenvalue weighted by Crippen LogP contribution is 2.29. The molecule has 0 spiro atoms. The monoisotopic (exact) mass is 362 g/mol. The Morgan fingerprint density at radius 1 is 1.15 bits per heavy atom. The molecule has 1 heterocycles. The molecule has 1 unspecified atom stereocenters. The third-order valence-corrected chi connectivity index (χ3v) is 4.23. The first-order valence-corrected chi connectivity index (χ1v) is 9.51. The molecule has 1 atom stereocenters. The van der Waals surface area contributed by atoms with Crippen molar-refractivity contribution >= 4 is 11.8 Å². The van der Waals surface area contributed by atoms with Gasteiger partial charge >= 0.3 is 0 Å². The van der Waals surface area contributed by atoms with Gasteiger partial charge in [0.25, 0.3) is 5.91 Å². The summed E-state index contributed by atoms with van der Waals surface area (Å²) >= 11 is 0. The van der Waals surface area contributed by atoms with E-state index in [0.29, 0.717) is 43.4 Å². The average Bonchev–Trinajstić information content (AvgIpc) is 2.64. The number of piperidine rings is 1. The highest BCUT2D eigenvalue weighted by molar-refractivity contribution is 5.95.